The van der Waals surface area contributed by atoms with Crippen molar-refractivity contribution in [2.45, 2.75) is 26.2 Å². The highest BCUT2D eigenvalue weighted by atomic mass is 19.3. The molecule has 2 heterocycles. The molecule has 1 unspecified atom stereocenters. The van der Waals surface area contributed by atoms with Gasteiger partial charge in [-0.1, -0.05) is 60.1 Å². The number of halogens is 2. The number of carbonyl (C=O) groups excluding carboxylic acids is 1. The molecule has 1 atom stereocenters. The second-order valence-corrected chi connectivity index (χ2v) is 8.04. The summed E-state index contributed by atoms with van der Waals surface area (Å²) in [7, 11) is 0. The minimum absolute atomic E-state index is 0.00857. The first-order chi connectivity index (χ1) is 15.3. The number of urea groups is 1. The van der Waals surface area contributed by atoms with Crippen molar-refractivity contribution in [3.63, 3.8) is 0 Å². The average molecular weight is 438 g/mol. The van der Waals surface area contributed by atoms with E-state index in [9.17, 15) is 13.6 Å². The van der Waals surface area contributed by atoms with Gasteiger partial charge in [0.1, 0.15) is 0 Å². The van der Waals surface area contributed by atoms with E-state index in [0.29, 0.717) is 25.4 Å². The first-order valence-electron chi connectivity index (χ1n) is 10.4. The van der Waals surface area contributed by atoms with Gasteiger partial charge in [-0.15, -0.1) is 5.10 Å². The van der Waals surface area contributed by atoms with E-state index in [2.05, 4.69) is 15.5 Å². The Labute approximate surface area is 185 Å². The number of aromatic nitrogens is 2. The SMILES string of the molecule is CC1CN(C(=O)Nc2nnc(-c3ccccc3)o2)CCC1=Cc1cccc(C(C)(F)F)c1. The number of rotatable bonds is 4. The van der Waals surface area contributed by atoms with Crippen molar-refractivity contribution in [1.82, 2.24) is 15.1 Å². The Balaban J connectivity index is 1.39. The van der Waals surface area contributed by atoms with Gasteiger partial charge < -0.3 is 9.32 Å². The fourth-order valence-electron chi connectivity index (χ4n) is 3.71. The second-order valence-electron chi connectivity index (χ2n) is 8.04. The number of likely N-dealkylation sites (tertiary alicyclic amines) is 1. The van der Waals surface area contributed by atoms with Gasteiger partial charge in [-0.05, 0) is 36.1 Å². The molecule has 1 aliphatic heterocycles. The largest absolute Gasteiger partial charge is 0.403 e. The third kappa shape index (κ3) is 5.01. The number of piperidine rings is 1. The first kappa shape index (κ1) is 21.7. The zero-order chi connectivity index (χ0) is 22.7. The highest BCUT2D eigenvalue weighted by Crippen LogP contribution is 2.30. The zero-order valence-electron chi connectivity index (χ0n) is 17.9. The molecule has 0 aliphatic carbocycles. The third-order valence-electron chi connectivity index (χ3n) is 5.49. The molecule has 4 rings (SSSR count). The van der Waals surface area contributed by atoms with Crippen molar-refractivity contribution in [3.8, 4) is 11.5 Å². The lowest BCUT2D eigenvalue weighted by Gasteiger charge is -2.32. The molecule has 1 aromatic heterocycles. The summed E-state index contributed by atoms with van der Waals surface area (Å²) in [4.78, 5) is 14.3. The van der Waals surface area contributed by atoms with Crippen LogP contribution in [0.25, 0.3) is 17.5 Å². The monoisotopic (exact) mass is 438 g/mol. The van der Waals surface area contributed by atoms with E-state index >= 15 is 0 Å². The average Bonchev–Trinajstić information content (AvgIpc) is 3.24. The van der Waals surface area contributed by atoms with E-state index in [-0.39, 0.29) is 23.5 Å². The first-order valence-corrected chi connectivity index (χ1v) is 10.4. The fraction of sp³-hybridized carbons (Fsp3) is 0.292. The van der Waals surface area contributed by atoms with Crippen LogP contribution in [0.1, 0.15) is 31.4 Å². The second kappa shape index (κ2) is 8.90. The third-order valence-corrected chi connectivity index (χ3v) is 5.49. The normalized spacial score (nSPS) is 18.1. The van der Waals surface area contributed by atoms with E-state index in [1.165, 1.54) is 12.1 Å². The summed E-state index contributed by atoms with van der Waals surface area (Å²) in [6, 6.07) is 15.4. The molecule has 1 aliphatic rings. The van der Waals surface area contributed by atoms with Crippen molar-refractivity contribution in [3.05, 3.63) is 71.3 Å². The van der Waals surface area contributed by atoms with Crippen molar-refractivity contribution < 1.29 is 18.0 Å². The molecule has 0 spiro atoms. The predicted molar refractivity (Wildman–Crippen MR) is 118 cm³/mol. The number of anilines is 1. The van der Waals surface area contributed by atoms with Crippen LogP contribution in [-0.4, -0.2) is 34.2 Å². The predicted octanol–water partition coefficient (Wildman–Crippen LogP) is 5.81. The molecule has 6 nitrogen and oxygen atoms in total. The highest BCUT2D eigenvalue weighted by Gasteiger charge is 2.27. The topological polar surface area (TPSA) is 71.3 Å². The Morgan fingerprint density at radius 3 is 2.69 bits per heavy atom. The molecule has 8 heteroatoms. The molecular weight excluding hydrogens is 414 g/mol. The molecule has 0 radical (unpaired) electrons. The maximum atomic E-state index is 13.6. The van der Waals surface area contributed by atoms with Gasteiger partial charge in [-0.2, -0.15) is 0 Å². The lowest BCUT2D eigenvalue weighted by molar-refractivity contribution is 0.0174. The van der Waals surface area contributed by atoms with Crippen LogP contribution in [0, 0.1) is 5.92 Å². The van der Waals surface area contributed by atoms with Crippen LogP contribution < -0.4 is 5.32 Å². The standard InChI is InChI=1S/C24H24F2N4O2/c1-16-15-30(12-11-19(16)13-17-7-6-10-20(14-17)24(2,25)26)23(31)27-22-29-28-21(32-22)18-8-4-3-5-9-18/h3-10,13-14,16H,11-12,15H2,1-2H3,(H,27,29,31). The van der Waals surface area contributed by atoms with Crippen LogP contribution in [0.4, 0.5) is 19.6 Å². The minimum atomic E-state index is -2.88. The molecular formula is C24H24F2N4O2. The van der Waals surface area contributed by atoms with Crippen molar-refractivity contribution in [1.29, 1.82) is 0 Å². The van der Waals surface area contributed by atoms with E-state index in [4.69, 9.17) is 4.42 Å². The van der Waals surface area contributed by atoms with Crippen molar-refractivity contribution >= 4 is 18.1 Å². The molecule has 2 aromatic carbocycles. The summed E-state index contributed by atoms with van der Waals surface area (Å²) in [5, 5.41) is 10.5. The smallest absolute Gasteiger partial charge is 0.325 e. The summed E-state index contributed by atoms with van der Waals surface area (Å²) < 4.78 is 32.8. The van der Waals surface area contributed by atoms with Gasteiger partial charge in [0.2, 0.25) is 5.89 Å². The lowest BCUT2D eigenvalue weighted by atomic mass is 9.91. The Kier molecular flexibility index (Phi) is 6.03. The lowest BCUT2D eigenvalue weighted by Crippen LogP contribution is -2.42. The zero-order valence-corrected chi connectivity index (χ0v) is 17.9. The van der Waals surface area contributed by atoms with Crippen molar-refractivity contribution in [2.24, 2.45) is 5.92 Å². The summed E-state index contributed by atoms with van der Waals surface area (Å²) in [5.41, 5.74) is 2.62. The number of hydrogen-bond donors (Lipinski definition) is 1. The Hall–Kier alpha value is -3.55. The van der Waals surface area contributed by atoms with Gasteiger partial charge in [-0.25, -0.2) is 13.6 Å². The van der Waals surface area contributed by atoms with Crippen LogP contribution in [0.5, 0.6) is 0 Å². The molecule has 32 heavy (non-hydrogen) atoms. The van der Waals surface area contributed by atoms with Gasteiger partial charge >= 0.3 is 12.0 Å². The number of nitrogens with zero attached hydrogens (tertiary/aromatic N) is 3. The van der Waals surface area contributed by atoms with Crippen LogP contribution in [0.2, 0.25) is 0 Å². The van der Waals surface area contributed by atoms with Gasteiger partial charge in [0, 0.05) is 31.1 Å². The number of carbonyl (C=O) groups is 1. The van der Waals surface area contributed by atoms with Crippen molar-refractivity contribution in [2.75, 3.05) is 18.4 Å². The molecule has 3 aromatic rings. The number of nitrogens with one attached hydrogen (secondary N) is 1. The molecule has 0 saturated carbocycles. The molecule has 166 valence electrons. The Morgan fingerprint density at radius 1 is 1.19 bits per heavy atom. The van der Waals surface area contributed by atoms with Gasteiger partial charge in [0.25, 0.3) is 5.92 Å². The van der Waals surface area contributed by atoms with Crippen LogP contribution in [0.15, 0.2) is 64.6 Å². The summed E-state index contributed by atoms with van der Waals surface area (Å²) >= 11 is 0. The number of amides is 2. The quantitative estimate of drug-likeness (QED) is 0.558. The molecule has 1 N–H and O–H groups in total. The Bertz CT molecular complexity index is 1120. The Morgan fingerprint density at radius 2 is 1.97 bits per heavy atom. The van der Waals surface area contributed by atoms with E-state index < -0.39 is 5.92 Å². The number of hydrogen-bond acceptors (Lipinski definition) is 4. The van der Waals surface area contributed by atoms with Crippen LogP contribution >= 0.6 is 0 Å². The highest BCUT2D eigenvalue weighted by molar-refractivity contribution is 5.87. The van der Waals surface area contributed by atoms with Crippen LogP contribution in [0.3, 0.4) is 0 Å². The minimum Gasteiger partial charge on any atom is -0.403 e. The van der Waals surface area contributed by atoms with E-state index in [0.717, 1.165) is 23.6 Å². The number of benzene rings is 2. The van der Waals surface area contributed by atoms with Gasteiger partial charge in [-0.3, -0.25) is 5.32 Å². The van der Waals surface area contributed by atoms with Gasteiger partial charge in [0.05, 0.1) is 0 Å². The molecule has 0 bridgehead atoms. The molecule has 1 saturated heterocycles. The van der Waals surface area contributed by atoms with E-state index in [1.54, 1.807) is 11.0 Å². The number of alkyl halides is 2. The maximum Gasteiger partial charge on any atom is 0.325 e. The summed E-state index contributed by atoms with van der Waals surface area (Å²) in [5.74, 6) is -2.46. The van der Waals surface area contributed by atoms with E-state index in [1.807, 2.05) is 49.4 Å². The summed E-state index contributed by atoms with van der Waals surface area (Å²) in [6.07, 6.45) is 2.60. The molecule has 1 fully saturated rings. The summed E-state index contributed by atoms with van der Waals surface area (Å²) in [6.45, 7) is 3.92. The van der Waals surface area contributed by atoms with Gasteiger partial charge in [0.15, 0.2) is 0 Å². The van der Waals surface area contributed by atoms with Crippen LogP contribution in [-0.2, 0) is 5.92 Å². The fourth-order valence-corrected chi connectivity index (χ4v) is 3.71. The maximum absolute atomic E-state index is 13.6. The molecule has 2 amide bonds.